The van der Waals surface area contributed by atoms with Gasteiger partial charge in [0.25, 0.3) is 11.8 Å². The Morgan fingerprint density at radius 1 is 1.15 bits per heavy atom. The summed E-state index contributed by atoms with van der Waals surface area (Å²) in [5.74, 6) is -1.40. The second kappa shape index (κ2) is 10.2. The Morgan fingerprint density at radius 2 is 1.82 bits per heavy atom. The number of hydrogen-bond acceptors (Lipinski definition) is 6. The molecule has 172 valence electrons. The number of benzene rings is 2. The number of hydrogen-bond donors (Lipinski definition) is 2. The molecule has 1 heterocycles. The molecule has 2 N–H and O–H groups in total. The highest BCUT2D eigenvalue weighted by Crippen LogP contribution is 2.33. The van der Waals surface area contributed by atoms with Crippen LogP contribution in [0, 0.1) is 0 Å². The van der Waals surface area contributed by atoms with E-state index in [1.807, 2.05) is 12.1 Å². The molecule has 0 spiro atoms. The molecule has 2 aromatic rings. The number of nitrogens with one attached hydrogen (secondary N) is 1. The molecule has 9 heteroatoms. The number of ether oxygens (including phenoxy) is 1. The lowest BCUT2D eigenvalue weighted by atomic mass is 9.87. The molecule has 2 amide bonds. The molecule has 7 nitrogen and oxygen atoms in total. The van der Waals surface area contributed by atoms with Gasteiger partial charge in [-0.3, -0.25) is 19.8 Å². The molecule has 33 heavy (non-hydrogen) atoms. The summed E-state index contributed by atoms with van der Waals surface area (Å²) < 4.78 is 5.74. The summed E-state index contributed by atoms with van der Waals surface area (Å²) in [4.78, 5) is 36.6. The number of aliphatic carboxylic acids is 1. The van der Waals surface area contributed by atoms with Crippen LogP contribution in [-0.2, 0) is 15.0 Å². The van der Waals surface area contributed by atoms with Crippen molar-refractivity contribution < 1.29 is 24.2 Å². The number of rotatable bonds is 7. The van der Waals surface area contributed by atoms with E-state index in [1.54, 1.807) is 42.5 Å². The van der Waals surface area contributed by atoms with Crippen molar-refractivity contribution in [2.45, 2.75) is 32.6 Å². The Hall–Kier alpha value is -3.17. The SMILES string of the molecule is CC(C)(C)c1ccc(C(=O)NN2C(=O)/C(=C\c3ccccc3OCCC(=O)O)SC2=S)cc1. The molecule has 0 aliphatic carbocycles. The van der Waals surface area contributed by atoms with Gasteiger partial charge in [-0.25, -0.2) is 0 Å². The fraction of sp³-hybridized carbons (Fsp3) is 0.250. The number of carboxylic acids is 1. The first-order valence-corrected chi connectivity index (χ1v) is 11.4. The fourth-order valence-electron chi connectivity index (χ4n) is 2.97. The fourth-order valence-corrected chi connectivity index (χ4v) is 4.14. The van der Waals surface area contributed by atoms with Gasteiger partial charge in [0.2, 0.25) is 0 Å². The molecule has 0 aromatic heterocycles. The van der Waals surface area contributed by atoms with E-state index < -0.39 is 17.8 Å². The van der Waals surface area contributed by atoms with E-state index in [0.29, 0.717) is 21.8 Å². The molecule has 1 saturated heterocycles. The second-order valence-electron chi connectivity index (χ2n) is 8.32. The summed E-state index contributed by atoms with van der Waals surface area (Å²) >= 11 is 6.36. The standard InChI is InChI=1S/C24H24N2O5S2/c1-24(2,3)17-10-8-15(9-11-17)21(29)25-26-22(30)19(33-23(26)32)14-16-6-4-5-7-18(16)31-13-12-20(27)28/h4-11,14H,12-13H2,1-3H3,(H,25,29)(H,27,28)/b19-14+. The van der Waals surface area contributed by atoms with E-state index in [2.05, 4.69) is 26.2 Å². The maximum atomic E-state index is 12.9. The van der Waals surface area contributed by atoms with Crippen LogP contribution in [0.25, 0.3) is 6.08 Å². The largest absolute Gasteiger partial charge is 0.492 e. The molecule has 0 saturated carbocycles. The van der Waals surface area contributed by atoms with Gasteiger partial charge in [-0.15, -0.1) is 0 Å². The summed E-state index contributed by atoms with van der Waals surface area (Å²) in [5, 5.41) is 9.85. The first-order chi connectivity index (χ1) is 15.6. The molecule has 2 aromatic carbocycles. The van der Waals surface area contributed by atoms with Crippen molar-refractivity contribution in [1.29, 1.82) is 0 Å². The van der Waals surface area contributed by atoms with E-state index in [1.165, 1.54) is 0 Å². The highest BCUT2D eigenvalue weighted by atomic mass is 32.2. The van der Waals surface area contributed by atoms with Crippen LogP contribution in [0.4, 0.5) is 0 Å². The molecule has 1 aliphatic rings. The number of hydrazine groups is 1. The lowest BCUT2D eigenvalue weighted by Gasteiger charge is -2.19. The quantitative estimate of drug-likeness (QED) is 0.445. The van der Waals surface area contributed by atoms with Crippen LogP contribution in [0.3, 0.4) is 0 Å². The first-order valence-electron chi connectivity index (χ1n) is 10.2. The first kappa shape index (κ1) is 24.5. The summed E-state index contributed by atoms with van der Waals surface area (Å²) in [7, 11) is 0. The normalized spacial score (nSPS) is 15.1. The highest BCUT2D eigenvalue weighted by Gasteiger charge is 2.34. The number of amides is 2. The summed E-state index contributed by atoms with van der Waals surface area (Å²) in [5.41, 5.74) is 4.65. The van der Waals surface area contributed by atoms with Crippen LogP contribution >= 0.6 is 24.0 Å². The predicted molar refractivity (Wildman–Crippen MR) is 132 cm³/mol. The molecule has 0 radical (unpaired) electrons. The van der Waals surface area contributed by atoms with E-state index in [-0.39, 0.29) is 22.8 Å². The van der Waals surface area contributed by atoms with Crippen LogP contribution in [0.1, 0.15) is 48.7 Å². The molecule has 0 unspecified atom stereocenters. The Balaban J connectivity index is 1.73. The monoisotopic (exact) mass is 484 g/mol. The number of carbonyl (C=O) groups is 3. The van der Waals surface area contributed by atoms with Crippen molar-refractivity contribution in [3.05, 3.63) is 70.1 Å². The van der Waals surface area contributed by atoms with Crippen LogP contribution in [0.2, 0.25) is 0 Å². The topological polar surface area (TPSA) is 95.9 Å². The second-order valence-corrected chi connectivity index (χ2v) is 9.99. The lowest BCUT2D eigenvalue weighted by Crippen LogP contribution is -2.44. The van der Waals surface area contributed by atoms with Crippen molar-refractivity contribution in [3.63, 3.8) is 0 Å². The Kier molecular flexibility index (Phi) is 7.55. The van der Waals surface area contributed by atoms with Crippen molar-refractivity contribution in [2.75, 3.05) is 6.61 Å². The predicted octanol–water partition coefficient (Wildman–Crippen LogP) is 4.38. The average molecular weight is 485 g/mol. The Labute approximate surface area is 201 Å². The zero-order chi connectivity index (χ0) is 24.2. The maximum Gasteiger partial charge on any atom is 0.306 e. The number of nitrogens with zero attached hydrogens (tertiary/aromatic N) is 1. The molecular weight excluding hydrogens is 460 g/mol. The van der Waals surface area contributed by atoms with Crippen LogP contribution in [0.15, 0.2) is 53.4 Å². The summed E-state index contributed by atoms with van der Waals surface area (Å²) in [6, 6.07) is 14.2. The molecule has 3 rings (SSSR count). The van der Waals surface area contributed by atoms with Crippen LogP contribution < -0.4 is 10.2 Å². The minimum Gasteiger partial charge on any atom is -0.492 e. The third kappa shape index (κ3) is 6.21. The van der Waals surface area contributed by atoms with E-state index in [0.717, 1.165) is 22.3 Å². The van der Waals surface area contributed by atoms with Gasteiger partial charge in [0.05, 0.1) is 17.9 Å². The van der Waals surface area contributed by atoms with Gasteiger partial charge in [0.1, 0.15) is 5.75 Å². The summed E-state index contributed by atoms with van der Waals surface area (Å²) in [6.07, 6.45) is 1.47. The van der Waals surface area contributed by atoms with Gasteiger partial charge in [-0.2, -0.15) is 5.01 Å². The highest BCUT2D eigenvalue weighted by molar-refractivity contribution is 8.26. The number of thiocarbonyl (C=S) groups is 1. The van der Waals surface area contributed by atoms with Gasteiger partial charge in [-0.1, -0.05) is 62.9 Å². The zero-order valence-corrected chi connectivity index (χ0v) is 20.1. The summed E-state index contributed by atoms with van der Waals surface area (Å²) in [6.45, 7) is 6.27. The van der Waals surface area contributed by atoms with Gasteiger partial charge < -0.3 is 9.84 Å². The minimum atomic E-state index is -0.961. The molecule has 0 atom stereocenters. The zero-order valence-electron chi connectivity index (χ0n) is 18.5. The lowest BCUT2D eigenvalue weighted by molar-refractivity contribution is -0.137. The maximum absolute atomic E-state index is 12.9. The molecule has 0 bridgehead atoms. The van der Waals surface area contributed by atoms with Gasteiger partial charge >= 0.3 is 5.97 Å². The van der Waals surface area contributed by atoms with Gasteiger partial charge in [0, 0.05) is 11.1 Å². The number of carbonyl (C=O) groups excluding carboxylic acids is 2. The third-order valence-corrected chi connectivity index (χ3v) is 6.10. The van der Waals surface area contributed by atoms with Crippen LogP contribution in [-0.4, -0.2) is 38.8 Å². The van der Waals surface area contributed by atoms with Crippen molar-refractivity contribution >= 4 is 52.2 Å². The van der Waals surface area contributed by atoms with Crippen LogP contribution in [0.5, 0.6) is 5.75 Å². The smallest absolute Gasteiger partial charge is 0.306 e. The number of carboxylic acid groups (broad SMARTS) is 1. The number of thioether (sulfide) groups is 1. The Morgan fingerprint density at radius 3 is 2.45 bits per heavy atom. The molecule has 1 aliphatic heterocycles. The van der Waals surface area contributed by atoms with Crippen molar-refractivity contribution in [2.24, 2.45) is 0 Å². The van der Waals surface area contributed by atoms with Crippen molar-refractivity contribution in [1.82, 2.24) is 10.4 Å². The van der Waals surface area contributed by atoms with Gasteiger partial charge in [0.15, 0.2) is 4.32 Å². The van der Waals surface area contributed by atoms with Crippen molar-refractivity contribution in [3.8, 4) is 5.75 Å². The minimum absolute atomic E-state index is 0.00517. The van der Waals surface area contributed by atoms with Gasteiger partial charge in [-0.05, 0) is 47.5 Å². The molecule has 1 fully saturated rings. The van der Waals surface area contributed by atoms with E-state index in [4.69, 9.17) is 22.1 Å². The van der Waals surface area contributed by atoms with E-state index in [9.17, 15) is 14.4 Å². The molecular formula is C24H24N2O5S2. The Bertz CT molecular complexity index is 1120. The number of para-hydroxylation sites is 1. The van der Waals surface area contributed by atoms with E-state index >= 15 is 0 Å². The third-order valence-electron chi connectivity index (χ3n) is 4.80. The average Bonchev–Trinajstić information content (AvgIpc) is 3.01.